The van der Waals surface area contributed by atoms with Crippen LogP contribution in [0.25, 0.3) is 10.8 Å². The van der Waals surface area contributed by atoms with Gasteiger partial charge in [0.05, 0.1) is 5.92 Å². The molecule has 0 saturated heterocycles. The lowest BCUT2D eigenvalue weighted by Crippen LogP contribution is -2.11. The Morgan fingerprint density at radius 3 is 2.33 bits per heavy atom. The van der Waals surface area contributed by atoms with Crippen molar-refractivity contribution < 1.29 is 4.79 Å². The summed E-state index contributed by atoms with van der Waals surface area (Å²) in [6.07, 6.45) is 7.94. The summed E-state index contributed by atoms with van der Waals surface area (Å²) in [6, 6.07) is 12.7. The van der Waals surface area contributed by atoms with Crippen molar-refractivity contribution in [2.24, 2.45) is 0 Å². The van der Waals surface area contributed by atoms with Gasteiger partial charge in [-0.05, 0) is 40.1 Å². The Bertz CT molecular complexity index is 721. The molecule has 0 spiro atoms. The van der Waals surface area contributed by atoms with Crippen molar-refractivity contribution in [3.05, 3.63) is 71.8 Å². The van der Waals surface area contributed by atoms with E-state index in [1.165, 1.54) is 21.9 Å². The first-order chi connectivity index (χ1) is 8.83. The van der Waals surface area contributed by atoms with Gasteiger partial charge in [0.1, 0.15) is 0 Å². The fourth-order valence-electron chi connectivity index (χ4n) is 2.99. The molecule has 1 heteroatoms. The molecule has 0 aromatic heterocycles. The molecule has 0 heterocycles. The molecule has 3 aliphatic rings. The van der Waals surface area contributed by atoms with Crippen molar-refractivity contribution in [2.75, 3.05) is 0 Å². The molecule has 0 saturated carbocycles. The highest BCUT2D eigenvalue weighted by Crippen LogP contribution is 2.40. The maximum Gasteiger partial charge on any atom is 0.166 e. The monoisotopic (exact) mass is 232 g/mol. The summed E-state index contributed by atoms with van der Waals surface area (Å²) in [4.78, 5) is 12.0. The number of carbonyl (C=O) groups excluding carboxylic acids is 1. The maximum absolute atomic E-state index is 12.0. The molecule has 2 unspecified atom stereocenters. The maximum atomic E-state index is 12.0. The molecule has 0 aliphatic heterocycles. The van der Waals surface area contributed by atoms with Crippen LogP contribution in [0.2, 0.25) is 0 Å². The van der Waals surface area contributed by atoms with Gasteiger partial charge in [0.2, 0.25) is 0 Å². The van der Waals surface area contributed by atoms with Crippen molar-refractivity contribution in [1.82, 2.24) is 0 Å². The highest BCUT2D eigenvalue weighted by molar-refractivity contribution is 6.00. The van der Waals surface area contributed by atoms with E-state index in [1.807, 2.05) is 18.2 Å². The molecule has 0 fully saturated rings. The van der Waals surface area contributed by atoms with Gasteiger partial charge in [-0.25, -0.2) is 0 Å². The minimum atomic E-state index is -0.0837. The molecular weight excluding hydrogens is 220 g/mol. The summed E-state index contributed by atoms with van der Waals surface area (Å²) in [7, 11) is 0. The lowest BCUT2D eigenvalue weighted by Gasteiger charge is -2.21. The van der Waals surface area contributed by atoms with Crippen molar-refractivity contribution in [1.29, 1.82) is 0 Å². The number of hydrogen-bond donors (Lipinski definition) is 0. The molecule has 5 rings (SSSR count). The molecular formula is C17H12O. The number of ketones is 1. The average molecular weight is 232 g/mol. The predicted molar refractivity (Wildman–Crippen MR) is 72.7 cm³/mol. The van der Waals surface area contributed by atoms with Crippen LogP contribution in [0.1, 0.15) is 23.0 Å². The third-order valence-corrected chi connectivity index (χ3v) is 3.93. The molecule has 2 aromatic rings. The van der Waals surface area contributed by atoms with Crippen LogP contribution in [0.5, 0.6) is 0 Å². The number of hydrogen-bond acceptors (Lipinski definition) is 1. The molecule has 0 N–H and O–H groups in total. The zero-order valence-electron chi connectivity index (χ0n) is 9.84. The zero-order chi connectivity index (χ0) is 12.1. The van der Waals surface area contributed by atoms with E-state index in [2.05, 4.69) is 36.4 Å². The first kappa shape index (κ1) is 9.84. The Morgan fingerprint density at radius 1 is 0.833 bits per heavy atom. The smallest absolute Gasteiger partial charge is 0.166 e. The van der Waals surface area contributed by atoms with E-state index in [-0.39, 0.29) is 17.6 Å². The van der Waals surface area contributed by atoms with Crippen molar-refractivity contribution in [3.63, 3.8) is 0 Å². The summed E-state index contributed by atoms with van der Waals surface area (Å²) in [6.45, 7) is 0. The summed E-state index contributed by atoms with van der Waals surface area (Å²) >= 11 is 0. The Morgan fingerprint density at radius 2 is 1.56 bits per heavy atom. The van der Waals surface area contributed by atoms with Gasteiger partial charge >= 0.3 is 0 Å². The molecule has 2 atom stereocenters. The fourth-order valence-corrected chi connectivity index (χ4v) is 2.99. The Kier molecular flexibility index (Phi) is 1.87. The zero-order valence-corrected chi connectivity index (χ0v) is 9.84. The van der Waals surface area contributed by atoms with Gasteiger partial charge in [-0.3, -0.25) is 4.79 Å². The van der Waals surface area contributed by atoms with E-state index in [0.29, 0.717) is 0 Å². The van der Waals surface area contributed by atoms with Crippen molar-refractivity contribution in [2.45, 2.75) is 11.8 Å². The quantitative estimate of drug-likeness (QED) is 0.633. The van der Waals surface area contributed by atoms with Crippen LogP contribution >= 0.6 is 0 Å². The number of rotatable bonds is 0. The molecule has 3 aliphatic carbocycles. The van der Waals surface area contributed by atoms with Gasteiger partial charge in [-0.2, -0.15) is 0 Å². The third-order valence-electron chi connectivity index (χ3n) is 3.93. The summed E-state index contributed by atoms with van der Waals surface area (Å²) < 4.78 is 0. The minimum Gasteiger partial charge on any atom is -0.294 e. The number of benzene rings is 2. The van der Waals surface area contributed by atoms with Crippen LogP contribution in [0.15, 0.2) is 60.7 Å². The van der Waals surface area contributed by atoms with Gasteiger partial charge in [0.15, 0.2) is 5.78 Å². The highest BCUT2D eigenvalue weighted by Gasteiger charge is 2.28. The second-order valence-electron chi connectivity index (χ2n) is 4.98. The van der Waals surface area contributed by atoms with E-state index < -0.39 is 0 Å². The molecule has 1 nitrogen and oxygen atoms in total. The van der Waals surface area contributed by atoms with Gasteiger partial charge in [-0.1, -0.05) is 42.5 Å². The van der Waals surface area contributed by atoms with Gasteiger partial charge < -0.3 is 0 Å². The van der Waals surface area contributed by atoms with E-state index in [1.54, 1.807) is 6.08 Å². The van der Waals surface area contributed by atoms with Crippen LogP contribution in [-0.2, 0) is 4.79 Å². The molecule has 18 heavy (non-hydrogen) atoms. The number of fused-ring (bicyclic) bond motifs is 2. The molecule has 0 amide bonds. The molecule has 0 radical (unpaired) electrons. The lowest BCUT2D eigenvalue weighted by molar-refractivity contribution is -0.115. The van der Waals surface area contributed by atoms with Gasteiger partial charge in [0.25, 0.3) is 0 Å². The van der Waals surface area contributed by atoms with Crippen LogP contribution in [-0.4, -0.2) is 5.78 Å². The Balaban J connectivity index is 2.07. The lowest BCUT2D eigenvalue weighted by atomic mass is 9.81. The fraction of sp³-hybridized carbons (Fsp3) is 0.118. The average Bonchev–Trinajstić information content (AvgIpc) is 2.66. The SMILES string of the molecule is O=C1C=CC2C=CC1c1cc3ccccc3cc12. The molecule has 2 bridgehead atoms. The van der Waals surface area contributed by atoms with E-state index in [4.69, 9.17) is 0 Å². The van der Waals surface area contributed by atoms with Crippen LogP contribution in [0, 0.1) is 0 Å². The van der Waals surface area contributed by atoms with Crippen LogP contribution in [0.3, 0.4) is 0 Å². The van der Waals surface area contributed by atoms with E-state index in [9.17, 15) is 4.79 Å². The highest BCUT2D eigenvalue weighted by atomic mass is 16.1. The van der Waals surface area contributed by atoms with E-state index >= 15 is 0 Å². The predicted octanol–water partition coefficient (Wildman–Crippen LogP) is 3.72. The largest absolute Gasteiger partial charge is 0.294 e. The normalized spacial score (nSPS) is 24.3. The summed E-state index contributed by atoms with van der Waals surface area (Å²) in [5, 5.41) is 2.46. The van der Waals surface area contributed by atoms with Crippen molar-refractivity contribution >= 4 is 16.6 Å². The Labute approximate surface area is 105 Å². The Hall–Kier alpha value is -2.15. The second-order valence-corrected chi connectivity index (χ2v) is 4.98. The first-order valence-electron chi connectivity index (χ1n) is 6.26. The second kappa shape index (κ2) is 3.42. The third kappa shape index (κ3) is 1.25. The standard InChI is InChI=1S/C17H12O/c18-17-8-6-11-5-7-14(17)16-10-13-4-2-1-3-12(13)9-15(11)16/h1-11,14H. The molecule has 2 aromatic carbocycles. The number of allylic oxidation sites excluding steroid dienone is 4. The minimum absolute atomic E-state index is 0.0837. The van der Waals surface area contributed by atoms with Gasteiger partial charge in [-0.15, -0.1) is 0 Å². The number of carbonyl (C=O) groups is 1. The summed E-state index contributed by atoms with van der Waals surface area (Å²) in [5.74, 6) is 0.370. The first-order valence-corrected chi connectivity index (χ1v) is 6.26. The van der Waals surface area contributed by atoms with Gasteiger partial charge in [0, 0.05) is 5.92 Å². The van der Waals surface area contributed by atoms with Crippen LogP contribution in [0.4, 0.5) is 0 Å². The molecule has 86 valence electrons. The van der Waals surface area contributed by atoms with Crippen molar-refractivity contribution in [3.8, 4) is 0 Å². The topological polar surface area (TPSA) is 17.1 Å². The van der Waals surface area contributed by atoms with Crippen LogP contribution < -0.4 is 0 Å². The summed E-state index contributed by atoms with van der Waals surface area (Å²) in [5.41, 5.74) is 2.46. The van der Waals surface area contributed by atoms with E-state index in [0.717, 1.165) is 0 Å².